The van der Waals surface area contributed by atoms with E-state index in [1.165, 1.54) is 22.9 Å². The van der Waals surface area contributed by atoms with E-state index < -0.39 is 23.5 Å². The van der Waals surface area contributed by atoms with E-state index in [0.29, 0.717) is 15.6 Å². The Bertz CT molecular complexity index is 1030. The maximum Gasteiger partial charge on any atom is 0.255 e. The number of ketones is 2. The SMILES string of the molecule is CC(=O)C(=O)C(Cc1ccccc1)NC(=O)c1cn(C)nc1-c1ccsc1Cl. The number of hydrogen-bond acceptors (Lipinski definition) is 5. The second-order valence-corrected chi connectivity index (χ2v) is 7.83. The van der Waals surface area contributed by atoms with Gasteiger partial charge in [0.2, 0.25) is 5.78 Å². The minimum Gasteiger partial charge on any atom is -0.341 e. The van der Waals surface area contributed by atoms with Crippen molar-refractivity contribution < 1.29 is 14.4 Å². The molecule has 0 aliphatic rings. The minimum absolute atomic E-state index is 0.222. The van der Waals surface area contributed by atoms with Crippen LogP contribution in [0, 0.1) is 0 Å². The Balaban J connectivity index is 1.89. The summed E-state index contributed by atoms with van der Waals surface area (Å²) in [4.78, 5) is 37.0. The Morgan fingerprint density at radius 3 is 2.54 bits per heavy atom. The van der Waals surface area contributed by atoms with Crippen molar-refractivity contribution in [3.05, 3.63) is 63.4 Å². The van der Waals surface area contributed by atoms with E-state index in [9.17, 15) is 14.4 Å². The van der Waals surface area contributed by atoms with Gasteiger partial charge in [0, 0.05) is 32.2 Å². The lowest BCUT2D eigenvalue weighted by atomic mass is 10.00. The van der Waals surface area contributed by atoms with Crippen LogP contribution in [-0.4, -0.2) is 33.3 Å². The molecule has 0 bridgehead atoms. The summed E-state index contributed by atoms with van der Waals surface area (Å²) in [5.41, 5.74) is 2.21. The number of hydrogen-bond donors (Lipinski definition) is 1. The lowest BCUT2D eigenvalue weighted by Gasteiger charge is -2.16. The topological polar surface area (TPSA) is 81.1 Å². The number of aryl methyl sites for hydroxylation is 1. The molecular weight excluding hydrogens is 398 g/mol. The molecule has 1 amide bonds. The highest BCUT2D eigenvalue weighted by Gasteiger charge is 2.27. The van der Waals surface area contributed by atoms with Crippen molar-refractivity contribution in [1.29, 1.82) is 0 Å². The number of benzene rings is 1. The van der Waals surface area contributed by atoms with Crippen LogP contribution in [0.1, 0.15) is 22.8 Å². The molecule has 6 nitrogen and oxygen atoms in total. The van der Waals surface area contributed by atoms with Gasteiger partial charge in [0.1, 0.15) is 10.0 Å². The summed E-state index contributed by atoms with van der Waals surface area (Å²) in [7, 11) is 1.70. The smallest absolute Gasteiger partial charge is 0.255 e. The predicted octanol–water partition coefficient (Wildman–Crippen LogP) is 3.30. The maximum absolute atomic E-state index is 12.9. The van der Waals surface area contributed by atoms with E-state index in [0.717, 1.165) is 5.56 Å². The molecule has 0 radical (unpaired) electrons. The first-order chi connectivity index (χ1) is 13.4. The van der Waals surface area contributed by atoms with Crippen LogP contribution in [0.3, 0.4) is 0 Å². The van der Waals surface area contributed by atoms with Gasteiger partial charge >= 0.3 is 0 Å². The zero-order valence-corrected chi connectivity index (χ0v) is 16.9. The van der Waals surface area contributed by atoms with E-state index in [1.54, 1.807) is 19.3 Å². The molecule has 0 fully saturated rings. The van der Waals surface area contributed by atoms with Crippen LogP contribution in [0.5, 0.6) is 0 Å². The number of nitrogens with zero attached hydrogens (tertiary/aromatic N) is 2. The number of nitrogens with one attached hydrogen (secondary N) is 1. The summed E-state index contributed by atoms with van der Waals surface area (Å²) in [6.07, 6.45) is 1.79. The fourth-order valence-corrected chi connectivity index (χ4v) is 3.78. The third-order valence-corrected chi connectivity index (χ3v) is 5.37. The molecule has 1 atom stereocenters. The van der Waals surface area contributed by atoms with Gasteiger partial charge in [-0.2, -0.15) is 5.10 Å². The molecule has 0 saturated heterocycles. The summed E-state index contributed by atoms with van der Waals surface area (Å²) in [6, 6.07) is 10.0. The zero-order valence-electron chi connectivity index (χ0n) is 15.3. The second-order valence-electron chi connectivity index (χ2n) is 6.31. The lowest BCUT2D eigenvalue weighted by molar-refractivity contribution is -0.136. The van der Waals surface area contributed by atoms with Gasteiger partial charge in [-0.25, -0.2) is 0 Å². The van der Waals surface area contributed by atoms with Gasteiger partial charge in [-0.3, -0.25) is 19.1 Å². The quantitative estimate of drug-likeness (QED) is 0.600. The standard InChI is InChI=1S/C20H18ClN3O3S/c1-12(25)18(26)16(10-13-6-4-3-5-7-13)22-20(27)15-11-24(2)23-17(15)14-8-9-28-19(14)21/h3-9,11,16H,10H2,1-2H3,(H,22,27). The van der Waals surface area contributed by atoms with Gasteiger partial charge < -0.3 is 5.32 Å². The summed E-state index contributed by atoms with van der Waals surface area (Å²) in [6.45, 7) is 1.20. The van der Waals surface area contributed by atoms with Gasteiger partial charge in [0.05, 0.1) is 11.6 Å². The summed E-state index contributed by atoms with van der Waals surface area (Å²) >= 11 is 7.54. The van der Waals surface area contributed by atoms with Crippen LogP contribution in [0.15, 0.2) is 48.0 Å². The molecule has 3 rings (SSSR count). The molecular formula is C20H18ClN3O3S. The number of rotatable bonds is 7. The van der Waals surface area contributed by atoms with E-state index in [2.05, 4.69) is 10.4 Å². The van der Waals surface area contributed by atoms with Crippen LogP contribution >= 0.6 is 22.9 Å². The van der Waals surface area contributed by atoms with Gasteiger partial charge in [0.15, 0.2) is 5.78 Å². The Kier molecular flexibility index (Phi) is 6.06. The monoisotopic (exact) mass is 415 g/mol. The molecule has 0 spiro atoms. The predicted molar refractivity (Wildman–Crippen MR) is 109 cm³/mol. The van der Waals surface area contributed by atoms with E-state index >= 15 is 0 Å². The van der Waals surface area contributed by atoms with E-state index in [4.69, 9.17) is 11.6 Å². The van der Waals surface area contributed by atoms with Crippen molar-refractivity contribution in [3.63, 3.8) is 0 Å². The Hall–Kier alpha value is -2.77. The van der Waals surface area contributed by atoms with Crippen LogP contribution in [-0.2, 0) is 23.1 Å². The molecule has 0 aliphatic heterocycles. The van der Waals surface area contributed by atoms with Crippen molar-refractivity contribution in [2.75, 3.05) is 0 Å². The molecule has 0 saturated carbocycles. The summed E-state index contributed by atoms with van der Waals surface area (Å²) in [5, 5.41) is 8.84. The van der Waals surface area contributed by atoms with Crippen molar-refractivity contribution >= 4 is 40.4 Å². The zero-order chi connectivity index (χ0) is 20.3. The first-order valence-electron chi connectivity index (χ1n) is 8.53. The largest absolute Gasteiger partial charge is 0.341 e. The number of Topliss-reactive ketones (excluding diaryl/α,β-unsaturated/α-hetero) is 2. The van der Waals surface area contributed by atoms with Gasteiger partial charge in [0.25, 0.3) is 5.91 Å². The van der Waals surface area contributed by atoms with E-state index in [1.807, 2.05) is 35.7 Å². The molecule has 1 aromatic carbocycles. The normalized spacial score (nSPS) is 11.8. The van der Waals surface area contributed by atoms with Crippen LogP contribution in [0.2, 0.25) is 4.34 Å². The molecule has 144 valence electrons. The molecule has 3 aromatic rings. The fraction of sp³-hybridized carbons (Fsp3) is 0.200. The lowest BCUT2D eigenvalue weighted by Crippen LogP contribution is -2.44. The molecule has 1 unspecified atom stereocenters. The summed E-state index contributed by atoms with van der Waals surface area (Å²) < 4.78 is 2.03. The Morgan fingerprint density at radius 2 is 1.93 bits per heavy atom. The number of aromatic nitrogens is 2. The highest BCUT2D eigenvalue weighted by atomic mass is 35.5. The molecule has 28 heavy (non-hydrogen) atoms. The molecule has 2 aromatic heterocycles. The number of thiophene rings is 1. The molecule has 0 aliphatic carbocycles. The number of carbonyl (C=O) groups is 3. The third-order valence-electron chi connectivity index (χ3n) is 4.20. The Labute approximate surface area is 171 Å². The van der Waals surface area contributed by atoms with E-state index in [-0.39, 0.29) is 12.0 Å². The first-order valence-corrected chi connectivity index (χ1v) is 9.79. The third kappa shape index (κ3) is 4.37. The van der Waals surface area contributed by atoms with Gasteiger partial charge in [-0.05, 0) is 17.0 Å². The minimum atomic E-state index is -0.960. The van der Waals surface area contributed by atoms with Crippen molar-refractivity contribution in [2.45, 2.75) is 19.4 Å². The molecule has 8 heteroatoms. The summed E-state index contributed by atoms with van der Waals surface area (Å²) in [5.74, 6) is -1.73. The average Bonchev–Trinajstić information content (AvgIpc) is 3.26. The second kappa shape index (κ2) is 8.50. The highest BCUT2D eigenvalue weighted by Crippen LogP contribution is 2.33. The van der Waals surface area contributed by atoms with Crippen molar-refractivity contribution in [1.82, 2.24) is 15.1 Å². The van der Waals surface area contributed by atoms with Gasteiger partial charge in [-0.1, -0.05) is 41.9 Å². The van der Waals surface area contributed by atoms with Crippen LogP contribution in [0.4, 0.5) is 0 Å². The molecule has 2 heterocycles. The van der Waals surface area contributed by atoms with Crippen molar-refractivity contribution in [3.8, 4) is 11.3 Å². The first kappa shape index (κ1) is 20.0. The van der Waals surface area contributed by atoms with Crippen molar-refractivity contribution in [2.24, 2.45) is 7.05 Å². The van der Waals surface area contributed by atoms with Crippen LogP contribution in [0.25, 0.3) is 11.3 Å². The Morgan fingerprint density at radius 1 is 1.21 bits per heavy atom. The number of halogens is 1. The highest BCUT2D eigenvalue weighted by molar-refractivity contribution is 7.15. The average molecular weight is 416 g/mol. The van der Waals surface area contributed by atoms with Gasteiger partial charge in [-0.15, -0.1) is 11.3 Å². The number of amides is 1. The van der Waals surface area contributed by atoms with Crippen LogP contribution < -0.4 is 5.32 Å². The fourth-order valence-electron chi connectivity index (χ4n) is 2.86. The molecule has 1 N–H and O–H groups in total. The number of carbonyl (C=O) groups excluding carboxylic acids is 3. The maximum atomic E-state index is 12.9.